The maximum Gasteiger partial charge on any atom is 0.319 e. The molecule has 0 aliphatic carbocycles. The van der Waals surface area contributed by atoms with Crippen molar-refractivity contribution in [3.63, 3.8) is 0 Å². The van der Waals surface area contributed by atoms with Gasteiger partial charge < -0.3 is 14.8 Å². The minimum Gasteiger partial charge on any atom is -0.494 e. The first-order valence-electron chi connectivity index (χ1n) is 9.62. The van der Waals surface area contributed by atoms with Gasteiger partial charge in [0.05, 0.1) is 30.4 Å². The number of benzene rings is 2. The van der Waals surface area contributed by atoms with E-state index in [1.54, 1.807) is 30.3 Å². The highest BCUT2D eigenvalue weighted by Crippen LogP contribution is 2.41. The Labute approximate surface area is 190 Å². The minimum atomic E-state index is -1.16. The van der Waals surface area contributed by atoms with E-state index < -0.39 is 23.7 Å². The zero-order valence-corrected chi connectivity index (χ0v) is 18.6. The Kier molecular flexibility index (Phi) is 7.61. The number of hydrogen-bond acceptors (Lipinski definition) is 6. The van der Waals surface area contributed by atoms with Crippen LogP contribution in [0, 0.1) is 17.2 Å². The molecule has 1 aliphatic rings. The van der Waals surface area contributed by atoms with Crippen molar-refractivity contribution in [3.8, 4) is 11.8 Å². The summed E-state index contributed by atoms with van der Waals surface area (Å²) >= 11 is 7.53. The van der Waals surface area contributed by atoms with Crippen molar-refractivity contribution < 1.29 is 19.1 Å². The number of thioether (sulfide) groups is 1. The summed E-state index contributed by atoms with van der Waals surface area (Å²) in [6, 6.07) is 16.6. The van der Waals surface area contributed by atoms with E-state index in [4.69, 9.17) is 21.1 Å². The summed E-state index contributed by atoms with van der Waals surface area (Å²) in [6.45, 7) is 2.40. The highest BCUT2D eigenvalue weighted by atomic mass is 35.5. The maximum absolute atomic E-state index is 12.9. The van der Waals surface area contributed by atoms with Gasteiger partial charge in [0.25, 0.3) is 0 Å². The summed E-state index contributed by atoms with van der Waals surface area (Å²) in [4.78, 5) is 25.3. The molecule has 31 heavy (non-hydrogen) atoms. The number of nitrogens with one attached hydrogen (secondary N) is 1. The topological polar surface area (TPSA) is 88.4 Å². The molecule has 1 heterocycles. The zero-order valence-electron chi connectivity index (χ0n) is 17.1. The zero-order chi connectivity index (χ0) is 22.4. The summed E-state index contributed by atoms with van der Waals surface area (Å²) in [5.41, 5.74) is 1.83. The van der Waals surface area contributed by atoms with Crippen LogP contribution in [-0.2, 0) is 20.1 Å². The number of halogens is 1. The molecule has 8 heteroatoms. The first-order chi connectivity index (χ1) is 15.0. The molecule has 1 amide bonds. The van der Waals surface area contributed by atoms with Crippen LogP contribution in [-0.4, -0.2) is 25.6 Å². The number of hydrogen-bond donors (Lipinski definition) is 1. The molecule has 2 atom stereocenters. The molecule has 0 saturated heterocycles. The third-order valence-corrected chi connectivity index (χ3v) is 6.30. The van der Waals surface area contributed by atoms with Crippen molar-refractivity contribution in [3.05, 3.63) is 75.3 Å². The lowest BCUT2D eigenvalue weighted by atomic mass is 9.78. The molecule has 1 aliphatic heterocycles. The van der Waals surface area contributed by atoms with Crippen LogP contribution in [0.5, 0.6) is 5.75 Å². The highest BCUT2D eigenvalue weighted by Gasteiger charge is 2.44. The van der Waals surface area contributed by atoms with Crippen molar-refractivity contribution in [2.45, 2.75) is 18.6 Å². The van der Waals surface area contributed by atoms with Gasteiger partial charge in [0, 0.05) is 16.7 Å². The van der Waals surface area contributed by atoms with Crippen molar-refractivity contribution in [2.24, 2.45) is 5.92 Å². The molecule has 0 spiro atoms. The van der Waals surface area contributed by atoms with Crippen LogP contribution in [0.4, 0.5) is 0 Å². The highest BCUT2D eigenvalue weighted by molar-refractivity contribution is 8.02. The van der Waals surface area contributed by atoms with Crippen LogP contribution < -0.4 is 10.1 Å². The van der Waals surface area contributed by atoms with Crippen molar-refractivity contribution in [1.29, 1.82) is 5.26 Å². The van der Waals surface area contributed by atoms with Crippen molar-refractivity contribution in [2.75, 3.05) is 13.7 Å². The second-order valence-electron chi connectivity index (χ2n) is 6.70. The van der Waals surface area contributed by atoms with E-state index in [1.165, 1.54) is 18.9 Å². The molecule has 2 aromatic carbocycles. The molecule has 2 unspecified atom stereocenters. The average Bonchev–Trinajstić information content (AvgIpc) is 2.78. The number of nitrogens with zero attached hydrogens (tertiary/aromatic N) is 1. The summed E-state index contributed by atoms with van der Waals surface area (Å²) in [5.74, 6) is -2.01. The maximum atomic E-state index is 12.9. The molecule has 0 aromatic heterocycles. The Morgan fingerprint density at radius 3 is 2.55 bits per heavy atom. The summed E-state index contributed by atoms with van der Waals surface area (Å²) < 4.78 is 10.3. The van der Waals surface area contributed by atoms with Crippen LogP contribution in [0.15, 0.2) is 59.1 Å². The van der Waals surface area contributed by atoms with Gasteiger partial charge in [-0.25, -0.2) is 0 Å². The van der Waals surface area contributed by atoms with Crippen LogP contribution in [0.25, 0.3) is 0 Å². The first-order valence-corrected chi connectivity index (χ1v) is 11.0. The predicted molar refractivity (Wildman–Crippen MR) is 119 cm³/mol. The quantitative estimate of drug-likeness (QED) is 0.490. The number of esters is 1. The van der Waals surface area contributed by atoms with Gasteiger partial charge in [0.1, 0.15) is 11.7 Å². The van der Waals surface area contributed by atoms with Gasteiger partial charge in [-0.2, -0.15) is 5.26 Å². The number of carbonyl (C=O) groups is 2. The Balaban J connectivity index is 2.01. The monoisotopic (exact) mass is 456 g/mol. The fraction of sp³-hybridized carbons (Fsp3) is 0.261. The Morgan fingerprint density at radius 2 is 1.94 bits per heavy atom. The molecule has 2 aromatic rings. The molecule has 0 radical (unpaired) electrons. The van der Waals surface area contributed by atoms with E-state index in [-0.39, 0.29) is 0 Å². The van der Waals surface area contributed by atoms with E-state index in [9.17, 15) is 14.9 Å². The lowest BCUT2D eigenvalue weighted by molar-refractivity contribution is -0.150. The van der Waals surface area contributed by atoms with Gasteiger partial charge in [-0.05, 0) is 36.2 Å². The number of nitriles is 1. The Morgan fingerprint density at radius 1 is 1.23 bits per heavy atom. The number of amides is 1. The second-order valence-corrected chi connectivity index (χ2v) is 8.10. The van der Waals surface area contributed by atoms with Gasteiger partial charge in [-0.15, -0.1) is 11.8 Å². The normalized spacial score (nSPS) is 18.2. The smallest absolute Gasteiger partial charge is 0.319 e. The fourth-order valence-electron chi connectivity index (χ4n) is 3.38. The van der Waals surface area contributed by atoms with E-state index in [0.717, 1.165) is 5.56 Å². The number of ether oxygens (including phenoxy) is 2. The number of rotatable bonds is 7. The van der Waals surface area contributed by atoms with Gasteiger partial charge in [-0.3, -0.25) is 9.59 Å². The van der Waals surface area contributed by atoms with Gasteiger partial charge in [-0.1, -0.05) is 41.9 Å². The molecule has 0 saturated carbocycles. The van der Waals surface area contributed by atoms with Crippen LogP contribution in [0.3, 0.4) is 0 Å². The molecule has 3 rings (SSSR count). The van der Waals surface area contributed by atoms with E-state index >= 15 is 0 Å². The van der Waals surface area contributed by atoms with Crippen molar-refractivity contribution in [1.82, 2.24) is 5.32 Å². The second kappa shape index (κ2) is 10.4. The summed E-state index contributed by atoms with van der Waals surface area (Å²) in [6.07, 6.45) is 0. The third-order valence-electron chi connectivity index (χ3n) is 4.86. The predicted octanol–water partition coefficient (Wildman–Crippen LogP) is 4.41. The lowest BCUT2D eigenvalue weighted by Crippen LogP contribution is -2.44. The molecule has 160 valence electrons. The number of allylic oxidation sites excluding steroid dienone is 1. The van der Waals surface area contributed by atoms with Crippen LogP contribution in [0.2, 0.25) is 5.02 Å². The van der Waals surface area contributed by atoms with E-state index in [0.29, 0.717) is 39.3 Å². The Hall–Kier alpha value is -2.95. The largest absolute Gasteiger partial charge is 0.494 e. The van der Waals surface area contributed by atoms with E-state index in [1.807, 2.05) is 25.1 Å². The Bertz CT molecular complexity index is 1050. The number of methoxy groups -OCH3 is 1. The van der Waals surface area contributed by atoms with E-state index in [2.05, 4.69) is 11.4 Å². The average molecular weight is 457 g/mol. The molecule has 6 nitrogen and oxygen atoms in total. The summed E-state index contributed by atoms with van der Waals surface area (Å²) in [5, 5.41) is 13.7. The molecule has 0 bridgehead atoms. The lowest BCUT2D eigenvalue weighted by Gasteiger charge is -2.31. The molecule has 1 N–H and O–H groups in total. The van der Waals surface area contributed by atoms with Crippen LogP contribution in [0.1, 0.15) is 24.0 Å². The molecular formula is C23H21ClN2O4S. The first kappa shape index (κ1) is 22.7. The minimum absolute atomic E-state index is 0.302. The SMILES string of the molecule is CCOc1ccc(C2C(C#N)=C(SCc3ccccc3Cl)NC(=O)C2C(=O)OC)cc1. The fourth-order valence-corrected chi connectivity index (χ4v) is 4.72. The molecular weight excluding hydrogens is 436 g/mol. The molecule has 0 fully saturated rings. The van der Waals surface area contributed by atoms with Crippen molar-refractivity contribution >= 4 is 35.2 Å². The number of carbonyl (C=O) groups excluding carboxylic acids is 2. The summed E-state index contributed by atoms with van der Waals surface area (Å²) in [7, 11) is 1.22. The van der Waals surface area contributed by atoms with Gasteiger partial charge in [0.2, 0.25) is 5.91 Å². The van der Waals surface area contributed by atoms with Gasteiger partial charge in [0.15, 0.2) is 0 Å². The third kappa shape index (κ3) is 5.04. The van der Waals surface area contributed by atoms with Gasteiger partial charge >= 0.3 is 5.97 Å². The van der Waals surface area contributed by atoms with Crippen LogP contribution >= 0.6 is 23.4 Å². The standard InChI is InChI=1S/C23H21ClN2O4S/c1-3-30-16-10-8-14(9-11-16)19-17(12-25)22(26-21(27)20(19)23(28)29-2)31-13-15-6-4-5-7-18(15)24/h4-11,19-20H,3,13H2,1-2H3,(H,26,27).